The van der Waals surface area contributed by atoms with Gasteiger partial charge in [-0.05, 0) is 49.2 Å². The van der Waals surface area contributed by atoms with E-state index in [9.17, 15) is 0 Å². The Balaban J connectivity index is 1.66. The van der Waals surface area contributed by atoms with Crippen LogP contribution < -0.4 is 0 Å². The zero-order valence-electron chi connectivity index (χ0n) is 13.2. The summed E-state index contributed by atoms with van der Waals surface area (Å²) in [5.74, 6) is 0.650. The lowest BCUT2D eigenvalue weighted by Crippen LogP contribution is -1.98. The van der Waals surface area contributed by atoms with Crippen molar-refractivity contribution in [2.24, 2.45) is 0 Å². The molecule has 0 bridgehead atoms. The second-order valence-electron chi connectivity index (χ2n) is 5.81. The van der Waals surface area contributed by atoms with Crippen molar-refractivity contribution in [2.75, 3.05) is 0 Å². The first-order valence-electron chi connectivity index (χ1n) is 7.62. The third-order valence-electron chi connectivity index (χ3n) is 4.14. The minimum absolute atomic E-state index is 0.648. The highest BCUT2D eigenvalue weighted by Crippen LogP contribution is 2.21. The first kappa shape index (κ1) is 13.8. The van der Waals surface area contributed by atoms with E-state index in [0.29, 0.717) is 12.4 Å². The van der Waals surface area contributed by atoms with Crippen molar-refractivity contribution < 1.29 is 4.42 Å². The fourth-order valence-electron chi connectivity index (χ4n) is 2.71. The summed E-state index contributed by atoms with van der Waals surface area (Å²) in [5, 5.41) is 0. The summed E-state index contributed by atoms with van der Waals surface area (Å²) in [6.45, 7) is 4.88. The Morgan fingerprint density at radius 2 is 1.83 bits per heavy atom. The predicted octanol–water partition coefficient (Wildman–Crippen LogP) is 4.36. The maximum atomic E-state index is 5.61. The molecule has 4 nitrogen and oxygen atoms in total. The lowest BCUT2D eigenvalue weighted by atomic mass is 10.1. The van der Waals surface area contributed by atoms with Gasteiger partial charge < -0.3 is 8.98 Å². The van der Waals surface area contributed by atoms with Crippen LogP contribution in [0.3, 0.4) is 0 Å². The van der Waals surface area contributed by atoms with E-state index in [1.807, 2.05) is 36.7 Å². The number of hydrogen-bond acceptors (Lipinski definition) is 3. The van der Waals surface area contributed by atoms with E-state index in [0.717, 1.165) is 22.3 Å². The molecule has 0 aliphatic heterocycles. The Hall–Kier alpha value is -2.88. The molecule has 0 N–H and O–H groups in total. The molecule has 0 atom stereocenters. The molecule has 0 spiro atoms. The number of aryl methyl sites for hydroxylation is 2. The molecule has 0 saturated heterocycles. The summed E-state index contributed by atoms with van der Waals surface area (Å²) >= 11 is 0. The minimum Gasteiger partial charge on any atom is -0.444 e. The Morgan fingerprint density at radius 3 is 2.65 bits per heavy atom. The number of imidazole rings is 1. The van der Waals surface area contributed by atoms with Crippen LogP contribution in [0.2, 0.25) is 0 Å². The fourth-order valence-corrected chi connectivity index (χ4v) is 2.71. The minimum atomic E-state index is 0.648. The monoisotopic (exact) mass is 303 g/mol. The van der Waals surface area contributed by atoms with Crippen LogP contribution in [0.5, 0.6) is 0 Å². The SMILES string of the molecule is Cc1cc2ncn(Cc3coc(-c4ccccc4)n3)c2cc1C. The van der Waals surface area contributed by atoms with Crippen LogP contribution in [0.25, 0.3) is 22.5 Å². The molecular formula is C19H17N3O. The summed E-state index contributed by atoms with van der Waals surface area (Å²) in [4.78, 5) is 9.07. The zero-order chi connectivity index (χ0) is 15.8. The van der Waals surface area contributed by atoms with Crippen LogP contribution in [0.1, 0.15) is 16.8 Å². The van der Waals surface area contributed by atoms with Crippen molar-refractivity contribution in [3.05, 3.63) is 71.9 Å². The number of aromatic nitrogens is 3. The van der Waals surface area contributed by atoms with Crippen molar-refractivity contribution in [3.63, 3.8) is 0 Å². The molecule has 0 aliphatic rings. The normalized spacial score (nSPS) is 11.2. The second-order valence-corrected chi connectivity index (χ2v) is 5.81. The molecule has 4 heteroatoms. The van der Waals surface area contributed by atoms with Gasteiger partial charge in [-0.25, -0.2) is 9.97 Å². The first-order valence-corrected chi connectivity index (χ1v) is 7.62. The third kappa shape index (κ3) is 2.52. The molecule has 4 aromatic rings. The Kier molecular flexibility index (Phi) is 3.23. The van der Waals surface area contributed by atoms with E-state index in [1.165, 1.54) is 11.1 Å². The highest BCUT2D eigenvalue weighted by molar-refractivity contribution is 5.77. The summed E-state index contributed by atoms with van der Waals surface area (Å²) in [7, 11) is 0. The number of benzene rings is 2. The molecule has 2 aromatic heterocycles. The smallest absolute Gasteiger partial charge is 0.226 e. The van der Waals surface area contributed by atoms with Gasteiger partial charge in [-0.3, -0.25) is 0 Å². The highest BCUT2D eigenvalue weighted by Gasteiger charge is 2.09. The van der Waals surface area contributed by atoms with Crippen LogP contribution in [0, 0.1) is 13.8 Å². The van der Waals surface area contributed by atoms with E-state index in [4.69, 9.17) is 4.42 Å². The predicted molar refractivity (Wildman–Crippen MR) is 90.2 cm³/mol. The Labute approximate surface area is 134 Å². The highest BCUT2D eigenvalue weighted by atomic mass is 16.3. The summed E-state index contributed by atoms with van der Waals surface area (Å²) in [6.07, 6.45) is 3.58. The summed E-state index contributed by atoms with van der Waals surface area (Å²) < 4.78 is 7.72. The van der Waals surface area contributed by atoms with Gasteiger partial charge in [0.05, 0.1) is 29.6 Å². The average molecular weight is 303 g/mol. The molecule has 114 valence electrons. The molecule has 23 heavy (non-hydrogen) atoms. The Morgan fingerprint density at radius 1 is 1.04 bits per heavy atom. The van der Waals surface area contributed by atoms with E-state index >= 15 is 0 Å². The van der Waals surface area contributed by atoms with Gasteiger partial charge in [0.2, 0.25) is 5.89 Å². The standard InChI is InChI=1S/C19H17N3O/c1-13-8-17-18(9-14(13)2)22(12-20-17)10-16-11-23-19(21-16)15-6-4-3-5-7-15/h3-9,11-12H,10H2,1-2H3. The molecule has 2 aromatic carbocycles. The van der Waals surface area contributed by atoms with Gasteiger partial charge in [-0.2, -0.15) is 0 Å². The van der Waals surface area contributed by atoms with Gasteiger partial charge >= 0.3 is 0 Å². The van der Waals surface area contributed by atoms with Crippen LogP contribution in [-0.4, -0.2) is 14.5 Å². The molecule has 0 amide bonds. The zero-order valence-corrected chi connectivity index (χ0v) is 13.2. The maximum Gasteiger partial charge on any atom is 0.226 e. The number of rotatable bonds is 3. The largest absolute Gasteiger partial charge is 0.444 e. The molecule has 2 heterocycles. The van der Waals surface area contributed by atoms with Crippen molar-refractivity contribution in [3.8, 4) is 11.5 Å². The van der Waals surface area contributed by atoms with Crippen molar-refractivity contribution in [2.45, 2.75) is 20.4 Å². The van der Waals surface area contributed by atoms with Gasteiger partial charge in [0.15, 0.2) is 0 Å². The number of hydrogen-bond donors (Lipinski definition) is 0. The van der Waals surface area contributed by atoms with Crippen LogP contribution in [-0.2, 0) is 6.54 Å². The van der Waals surface area contributed by atoms with Gasteiger partial charge in [0.1, 0.15) is 6.26 Å². The molecule has 0 aliphatic carbocycles. The van der Waals surface area contributed by atoms with Crippen molar-refractivity contribution >= 4 is 11.0 Å². The van der Waals surface area contributed by atoms with E-state index in [1.54, 1.807) is 6.26 Å². The van der Waals surface area contributed by atoms with Crippen molar-refractivity contribution in [1.29, 1.82) is 0 Å². The van der Waals surface area contributed by atoms with E-state index in [2.05, 4.69) is 40.5 Å². The van der Waals surface area contributed by atoms with Crippen LogP contribution >= 0.6 is 0 Å². The number of fused-ring (bicyclic) bond motifs is 1. The molecule has 0 saturated carbocycles. The molecule has 0 unspecified atom stereocenters. The topological polar surface area (TPSA) is 43.9 Å². The first-order chi connectivity index (χ1) is 11.2. The van der Waals surface area contributed by atoms with Gasteiger partial charge in [0, 0.05) is 5.56 Å². The van der Waals surface area contributed by atoms with Gasteiger partial charge in [-0.15, -0.1) is 0 Å². The molecule has 4 rings (SSSR count). The molecule has 0 fully saturated rings. The lowest BCUT2D eigenvalue weighted by molar-refractivity contribution is 0.571. The lowest BCUT2D eigenvalue weighted by Gasteiger charge is -2.04. The van der Waals surface area contributed by atoms with Gasteiger partial charge in [0.25, 0.3) is 0 Å². The second kappa shape index (κ2) is 5.39. The third-order valence-corrected chi connectivity index (χ3v) is 4.14. The summed E-state index contributed by atoms with van der Waals surface area (Å²) in [5.41, 5.74) is 6.54. The van der Waals surface area contributed by atoms with Gasteiger partial charge in [-0.1, -0.05) is 18.2 Å². The van der Waals surface area contributed by atoms with E-state index < -0.39 is 0 Å². The average Bonchev–Trinajstić information content (AvgIpc) is 3.18. The molecule has 0 radical (unpaired) electrons. The summed E-state index contributed by atoms with van der Waals surface area (Å²) in [6, 6.07) is 14.2. The van der Waals surface area contributed by atoms with Crippen molar-refractivity contribution in [1.82, 2.24) is 14.5 Å². The maximum absolute atomic E-state index is 5.61. The van der Waals surface area contributed by atoms with Crippen LogP contribution in [0.4, 0.5) is 0 Å². The number of oxazole rings is 1. The fraction of sp³-hybridized carbons (Fsp3) is 0.158. The Bertz CT molecular complexity index is 967. The van der Waals surface area contributed by atoms with E-state index in [-0.39, 0.29) is 0 Å². The quantitative estimate of drug-likeness (QED) is 0.565. The number of nitrogens with zero attached hydrogens (tertiary/aromatic N) is 3. The molecular weight excluding hydrogens is 286 g/mol. The van der Waals surface area contributed by atoms with Crippen LogP contribution in [0.15, 0.2) is 59.5 Å².